The Labute approximate surface area is 150 Å². The van der Waals surface area contributed by atoms with E-state index in [1.807, 2.05) is 47.0 Å². The quantitative estimate of drug-likeness (QED) is 0.580. The van der Waals surface area contributed by atoms with Crippen LogP contribution in [0.1, 0.15) is 19.7 Å². The summed E-state index contributed by atoms with van der Waals surface area (Å²) in [5.41, 5.74) is 1.03. The van der Waals surface area contributed by atoms with Crippen LogP contribution in [-0.4, -0.2) is 20.0 Å². The molecule has 0 saturated carbocycles. The van der Waals surface area contributed by atoms with Crippen molar-refractivity contribution in [2.75, 3.05) is 0 Å². The zero-order chi connectivity index (χ0) is 16.9. The predicted molar refractivity (Wildman–Crippen MR) is 98.1 cm³/mol. The summed E-state index contributed by atoms with van der Waals surface area (Å²) in [4.78, 5) is 0. The third kappa shape index (κ3) is 4.10. The molecule has 1 aromatic heterocycles. The minimum absolute atomic E-state index is 0.335. The van der Waals surface area contributed by atoms with Gasteiger partial charge in [-0.1, -0.05) is 55.4 Å². The summed E-state index contributed by atoms with van der Waals surface area (Å²) < 4.78 is 7.88. The van der Waals surface area contributed by atoms with Crippen molar-refractivity contribution < 1.29 is 4.74 Å². The molecule has 0 radical (unpaired) electrons. The molecule has 2 aromatic carbocycles. The second-order valence-electron chi connectivity index (χ2n) is 5.48. The van der Waals surface area contributed by atoms with Crippen molar-refractivity contribution in [1.82, 2.24) is 14.8 Å². The van der Waals surface area contributed by atoms with E-state index < -0.39 is 0 Å². The first-order valence-electron chi connectivity index (χ1n) is 7.68. The SMILES string of the molecule is CC(C)Sc1nnc(COc2ccc(Cl)cc2)n1-c1ccccc1. The minimum Gasteiger partial charge on any atom is -0.486 e. The van der Waals surface area contributed by atoms with E-state index in [1.54, 1.807) is 23.9 Å². The lowest BCUT2D eigenvalue weighted by atomic mass is 10.3. The molecular formula is C18H18ClN3OS. The molecule has 0 aliphatic carbocycles. The average molecular weight is 360 g/mol. The van der Waals surface area contributed by atoms with Gasteiger partial charge < -0.3 is 4.74 Å². The highest BCUT2D eigenvalue weighted by Gasteiger charge is 2.16. The number of para-hydroxylation sites is 1. The molecular weight excluding hydrogens is 342 g/mol. The Morgan fingerprint density at radius 3 is 2.42 bits per heavy atom. The van der Waals surface area contributed by atoms with Gasteiger partial charge in [0.2, 0.25) is 0 Å². The molecule has 24 heavy (non-hydrogen) atoms. The molecule has 0 atom stereocenters. The van der Waals surface area contributed by atoms with Crippen LogP contribution in [-0.2, 0) is 6.61 Å². The van der Waals surface area contributed by atoms with Crippen LogP contribution in [0.2, 0.25) is 5.02 Å². The fourth-order valence-electron chi connectivity index (χ4n) is 2.20. The van der Waals surface area contributed by atoms with Crippen molar-refractivity contribution in [3.05, 3.63) is 65.4 Å². The number of nitrogens with zero attached hydrogens (tertiary/aromatic N) is 3. The molecule has 124 valence electrons. The summed E-state index contributed by atoms with van der Waals surface area (Å²) in [5, 5.41) is 10.6. The number of rotatable bonds is 6. The predicted octanol–water partition coefficient (Wildman–Crippen LogP) is 5.00. The maximum Gasteiger partial charge on any atom is 0.196 e. The number of thioether (sulfide) groups is 1. The van der Waals surface area contributed by atoms with E-state index in [1.165, 1.54) is 0 Å². The largest absolute Gasteiger partial charge is 0.486 e. The Morgan fingerprint density at radius 2 is 1.75 bits per heavy atom. The molecule has 0 spiro atoms. The van der Waals surface area contributed by atoms with Gasteiger partial charge in [0.15, 0.2) is 11.0 Å². The third-order valence-corrected chi connectivity index (χ3v) is 4.44. The van der Waals surface area contributed by atoms with E-state index in [4.69, 9.17) is 16.3 Å². The maximum atomic E-state index is 5.90. The third-order valence-electron chi connectivity index (χ3n) is 3.24. The zero-order valence-electron chi connectivity index (χ0n) is 13.5. The Bertz CT molecular complexity index is 788. The zero-order valence-corrected chi connectivity index (χ0v) is 15.1. The first-order valence-corrected chi connectivity index (χ1v) is 8.94. The van der Waals surface area contributed by atoms with E-state index in [9.17, 15) is 0 Å². The van der Waals surface area contributed by atoms with E-state index in [0.29, 0.717) is 16.9 Å². The van der Waals surface area contributed by atoms with Gasteiger partial charge in [0.1, 0.15) is 12.4 Å². The molecule has 3 aromatic rings. The molecule has 0 amide bonds. The van der Waals surface area contributed by atoms with Gasteiger partial charge in [0.05, 0.1) is 0 Å². The highest BCUT2D eigenvalue weighted by atomic mass is 35.5. The summed E-state index contributed by atoms with van der Waals surface area (Å²) in [7, 11) is 0. The Hall–Kier alpha value is -1.98. The molecule has 4 nitrogen and oxygen atoms in total. The number of aromatic nitrogens is 3. The monoisotopic (exact) mass is 359 g/mol. The van der Waals surface area contributed by atoms with E-state index >= 15 is 0 Å². The normalized spacial score (nSPS) is 11.0. The van der Waals surface area contributed by atoms with Gasteiger partial charge in [-0.2, -0.15) is 0 Å². The summed E-state index contributed by atoms with van der Waals surface area (Å²) in [6.07, 6.45) is 0. The van der Waals surface area contributed by atoms with Crippen molar-refractivity contribution >= 4 is 23.4 Å². The second kappa shape index (κ2) is 7.73. The van der Waals surface area contributed by atoms with Crippen LogP contribution in [0.3, 0.4) is 0 Å². The highest BCUT2D eigenvalue weighted by molar-refractivity contribution is 7.99. The molecule has 0 saturated heterocycles. The van der Waals surface area contributed by atoms with E-state index in [2.05, 4.69) is 24.0 Å². The van der Waals surface area contributed by atoms with Crippen molar-refractivity contribution in [2.24, 2.45) is 0 Å². The van der Waals surface area contributed by atoms with Crippen LogP contribution < -0.4 is 4.74 Å². The Morgan fingerprint density at radius 1 is 1.04 bits per heavy atom. The number of hydrogen-bond donors (Lipinski definition) is 0. The van der Waals surface area contributed by atoms with Crippen molar-refractivity contribution in [1.29, 1.82) is 0 Å². The fraction of sp³-hybridized carbons (Fsp3) is 0.222. The fourth-order valence-corrected chi connectivity index (χ4v) is 3.15. The van der Waals surface area contributed by atoms with Crippen LogP contribution in [0.4, 0.5) is 0 Å². The average Bonchev–Trinajstić information content (AvgIpc) is 2.97. The first kappa shape index (κ1) is 16.9. The van der Waals surface area contributed by atoms with Gasteiger partial charge in [0.25, 0.3) is 0 Å². The molecule has 6 heteroatoms. The summed E-state index contributed by atoms with van der Waals surface area (Å²) in [5.74, 6) is 1.51. The van der Waals surface area contributed by atoms with Crippen molar-refractivity contribution in [2.45, 2.75) is 30.9 Å². The van der Waals surface area contributed by atoms with Gasteiger partial charge in [-0.3, -0.25) is 4.57 Å². The van der Waals surface area contributed by atoms with Crippen molar-refractivity contribution in [3.63, 3.8) is 0 Å². The second-order valence-corrected chi connectivity index (χ2v) is 7.46. The first-order chi connectivity index (χ1) is 11.6. The van der Waals surface area contributed by atoms with Gasteiger partial charge in [-0.15, -0.1) is 10.2 Å². The lowest BCUT2D eigenvalue weighted by Gasteiger charge is -2.12. The molecule has 0 aliphatic rings. The minimum atomic E-state index is 0.335. The number of hydrogen-bond acceptors (Lipinski definition) is 4. The molecule has 0 N–H and O–H groups in total. The molecule has 0 bridgehead atoms. The van der Waals surface area contributed by atoms with Crippen LogP contribution in [0.15, 0.2) is 59.8 Å². The van der Waals surface area contributed by atoms with Crippen molar-refractivity contribution in [3.8, 4) is 11.4 Å². The number of halogens is 1. The summed E-state index contributed by atoms with van der Waals surface area (Å²) >= 11 is 7.58. The van der Waals surface area contributed by atoms with E-state index in [-0.39, 0.29) is 0 Å². The molecule has 0 aliphatic heterocycles. The number of ether oxygens (including phenoxy) is 1. The Kier molecular flexibility index (Phi) is 5.43. The van der Waals surface area contributed by atoms with Gasteiger partial charge in [-0.05, 0) is 36.4 Å². The summed E-state index contributed by atoms with van der Waals surface area (Å²) in [6, 6.07) is 17.4. The van der Waals surface area contributed by atoms with Gasteiger partial charge in [0, 0.05) is 16.0 Å². The number of benzene rings is 2. The van der Waals surface area contributed by atoms with Crippen LogP contribution in [0.25, 0.3) is 5.69 Å². The molecule has 1 heterocycles. The van der Waals surface area contributed by atoms with Crippen LogP contribution in [0, 0.1) is 0 Å². The molecule has 3 rings (SSSR count). The maximum absolute atomic E-state index is 5.90. The smallest absolute Gasteiger partial charge is 0.196 e. The van der Waals surface area contributed by atoms with Gasteiger partial charge >= 0.3 is 0 Å². The van der Waals surface area contributed by atoms with E-state index in [0.717, 1.165) is 22.4 Å². The molecule has 0 fully saturated rings. The lowest BCUT2D eigenvalue weighted by Crippen LogP contribution is -2.07. The standard InChI is InChI=1S/C18H18ClN3OS/c1-13(2)24-18-21-20-17(22(18)15-6-4-3-5-7-15)12-23-16-10-8-14(19)9-11-16/h3-11,13H,12H2,1-2H3. The molecule has 0 unspecified atom stereocenters. The van der Waals surface area contributed by atoms with Crippen LogP contribution >= 0.6 is 23.4 Å². The lowest BCUT2D eigenvalue weighted by molar-refractivity contribution is 0.293. The van der Waals surface area contributed by atoms with Crippen LogP contribution in [0.5, 0.6) is 5.75 Å². The summed E-state index contributed by atoms with van der Waals surface area (Å²) in [6.45, 7) is 4.61. The highest BCUT2D eigenvalue weighted by Crippen LogP contribution is 2.26. The Balaban J connectivity index is 1.87. The van der Waals surface area contributed by atoms with Gasteiger partial charge in [-0.25, -0.2) is 0 Å². The topological polar surface area (TPSA) is 39.9 Å².